The summed E-state index contributed by atoms with van der Waals surface area (Å²) in [7, 11) is 1.62. The van der Waals surface area contributed by atoms with Gasteiger partial charge in [-0.3, -0.25) is 4.79 Å². The van der Waals surface area contributed by atoms with Crippen LogP contribution in [0, 0.1) is 5.82 Å². The highest BCUT2D eigenvalue weighted by molar-refractivity contribution is 6.31. The lowest BCUT2D eigenvalue weighted by atomic mass is 10.1. The molecule has 0 bridgehead atoms. The van der Waals surface area contributed by atoms with E-state index in [0.717, 1.165) is 11.3 Å². The normalized spacial score (nSPS) is 10.4. The smallest absolute Gasteiger partial charge is 0.252 e. The highest BCUT2D eigenvalue weighted by Crippen LogP contribution is 2.22. The number of pyridine rings is 1. The number of aromatic nitrogens is 1. The Balaban J connectivity index is 1.52. The summed E-state index contributed by atoms with van der Waals surface area (Å²) in [6.07, 6.45) is 2.20. The fourth-order valence-corrected chi connectivity index (χ4v) is 2.72. The van der Waals surface area contributed by atoms with Crippen LogP contribution in [0.5, 0.6) is 5.75 Å². The molecule has 7 heteroatoms. The van der Waals surface area contributed by atoms with E-state index in [1.807, 2.05) is 24.3 Å². The maximum atomic E-state index is 13.2. The van der Waals surface area contributed by atoms with Gasteiger partial charge >= 0.3 is 0 Å². The molecule has 0 aliphatic heterocycles. The molecule has 2 aromatic carbocycles. The summed E-state index contributed by atoms with van der Waals surface area (Å²) in [6.45, 7) is 0.513. The van der Waals surface area contributed by atoms with E-state index in [9.17, 15) is 9.18 Å². The molecule has 0 spiro atoms. The van der Waals surface area contributed by atoms with Crippen LogP contribution in [0.1, 0.15) is 15.9 Å². The number of amides is 1. The summed E-state index contributed by atoms with van der Waals surface area (Å²) in [5.74, 6) is 0.646. The Bertz CT molecular complexity index is 947. The van der Waals surface area contributed by atoms with Gasteiger partial charge < -0.3 is 15.4 Å². The Hall–Kier alpha value is -3.12. The maximum Gasteiger partial charge on any atom is 0.252 e. The van der Waals surface area contributed by atoms with Crippen LogP contribution in [-0.2, 0) is 6.42 Å². The summed E-state index contributed by atoms with van der Waals surface area (Å²) in [6, 6.07) is 15.4. The van der Waals surface area contributed by atoms with Crippen LogP contribution in [0.2, 0.25) is 5.02 Å². The minimum atomic E-state index is -0.484. The van der Waals surface area contributed by atoms with Gasteiger partial charge in [-0.15, -0.1) is 0 Å². The minimum absolute atomic E-state index is 0.0258. The van der Waals surface area contributed by atoms with Crippen LogP contribution in [-0.4, -0.2) is 24.5 Å². The van der Waals surface area contributed by atoms with Crippen molar-refractivity contribution in [3.63, 3.8) is 0 Å². The molecular formula is C21H19ClFN3O2. The van der Waals surface area contributed by atoms with Gasteiger partial charge in [-0.1, -0.05) is 23.7 Å². The molecule has 0 atom stereocenters. The van der Waals surface area contributed by atoms with Crippen LogP contribution in [0.3, 0.4) is 0 Å². The van der Waals surface area contributed by atoms with Gasteiger partial charge in [0.15, 0.2) is 0 Å². The van der Waals surface area contributed by atoms with Gasteiger partial charge in [0.05, 0.1) is 17.7 Å². The molecule has 0 saturated heterocycles. The van der Waals surface area contributed by atoms with E-state index >= 15 is 0 Å². The Kier molecular flexibility index (Phi) is 6.45. The van der Waals surface area contributed by atoms with E-state index in [1.165, 1.54) is 18.3 Å². The minimum Gasteiger partial charge on any atom is -0.497 e. The summed E-state index contributed by atoms with van der Waals surface area (Å²) >= 11 is 5.76. The molecule has 144 valence electrons. The summed E-state index contributed by atoms with van der Waals surface area (Å²) in [5, 5.41) is 5.90. The van der Waals surface area contributed by atoms with Crippen LogP contribution < -0.4 is 15.4 Å². The summed E-state index contributed by atoms with van der Waals surface area (Å²) in [5.41, 5.74) is 2.17. The molecule has 3 rings (SSSR count). The molecule has 3 aromatic rings. The number of carbonyl (C=O) groups excluding carboxylic acids is 1. The number of ether oxygens (including phenoxy) is 1. The molecule has 5 nitrogen and oxygen atoms in total. The number of nitrogens with zero attached hydrogens (tertiary/aromatic N) is 1. The molecule has 0 aliphatic rings. The predicted molar refractivity (Wildman–Crippen MR) is 108 cm³/mol. The van der Waals surface area contributed by atoms with Gasteiger partial charge in [-0.2, -0.15) is 0 Å². The molecule has 0 unspecified atom stereocenters. The zero-order chi connectivity index (χ0) is 19.9. The van der Waals surface area contributed by atoms with E-state index < -0.39 is 5.82 Å². The predicted octanol–water partition coefficient (Wildman–Crippen LogP) is 4.60. The number of hydrogen-bond acceptors (Lipinski definition) is 4. The van der Waals surface area contributed by atoms with Gasteiger partial charge in [0, 0.05) is 18.4 Å². The largest absolute Gasteiger partial charge is 0.497 e. The van der Waals surface area contributed by atoms with Crippen molar-refractivity contribution >= 4 is 29.0 Å². The van der Waals surface area contributed by atoms with Crippen molar-refractivity contribution in [2.24, 2.45) is 0 Å². The van der Waals surface area contributed by atoms with Crippen LogP contribution in [0.25, 0.3) is 0 Å². The molecule has 0 fully saturated rings. The number of benzene rings is 2. The van der Waals surface area contributed by atoms with Crippen LogP contribution in [0.4, 0.5) is 15.9 Å². The highest BCUT2D eigenvalue weighted by Gasteiger charge is 2.07. The lowest BCUT2D eigenvalue weighted by molar-refractivity contribution is 0.0954. The van der Waals surface area contributed by atoms with Gasteiger partial charge in [-0.25, -0.2) is 9.37 Å². The topological polar surface area (TPSA) is 63.2 Å². The van der Waals surface area contributed by atoms with Crippen molar-refractivity contribution in [2.45, 2.75) is 6.42 Å². The van der Waals surface area contributed by atoms with Crippen LogP contribution in [0.15, 0.2) is 60.8 Å². The number of methoxy groups -OCH3 is 1. The monoisotopic (exact) mass is 399 g/mol. The lowest BCUT2D eigenvalue weighted by Crippen LogP contribution is -2.25. The number of halogens is 2. The van der Waals surface area contributed by atoms with Crippen molar-refractivity contribution < 1.29 is 13.9 Å². The second-order valence-electron chi connectivity index (χ2n) is 6.04. The second kappa shape index (κ2) is 9.19. The summed E-state index contributed by atoms with van der Waals surface area (Å²) < 4.78 is 18.3. The average Bonchev–Trinajstić information content (AvgIpc) is 2.72. The highest BCUT2D eigenvalue weighted by atomic mass is 35.5. The first-order chi connectivity index (χ1) is 13.5. The Morgan fingerprint density at radius 3 is 2.57 bits per heavy atom. The molecular weight excluding hydrogens is 381 g/mol. The van der Waals surface area contributed by atoms with E-state index in [2.05, 4.69) is 15.6 Å². The molecule has 0 radical (unpaired) electrons. The number of hydrogen-bond donors (Lipinski definition) is 2. The van der Waals surface area contributed by atoms with Crippen molar-refractivity contribution in [3.05, 3.63) is 82.8 Å². The molecule has 1 amide bonds. The number of anilines is 2. The fraction of sp³-hybridized carbons (Fsp3) is 0.143. The quantitative estimate of drug-likeness (QED) is 0.609. The zero-order valence-corrected chi connectivity index (χ0v) is 16.0. The molecule has 1 aromatic heterocycles. The van der Waals surface area contributed by atoms with E-state index in [-0.39, 0.29) is 10.9 Å². The Morgan fingerprint density at radius 2 is 1.93 bits per heavy atom. The summed E-state index contributed by atoms with van der Waals surface area (Å²) in [4.78, 5) is 16.4. The van der Waals surface area contributed by atoms with Crippen molar-refractivity contribution in [3.8, 4) is 5.75 Å². The van der Waals surface area contributed by atoms with Gasteiger partial charge in [0.1, 0.15) is 17.4 Å². The number of rotatable bonds is 7. The van der Waals surface area contributed by atoms with Crippen molar-refractivity contribution in [1.29, 1.82) is 0 Å². The van der Waals surface area contributed by atoms with Crippen molar-refractivity contribution in [1.82, 2.24) is 10.3 Å². The lowest BCUT2D eigenvalue weighted by Gasteiger charge is -2.08. The third-order valence-corrected chi connectivity index (χ3v) is 4.37. The Labute approximate surface area is 167 Å². The number of carbonyl (C=O) groups is 1. The molecule has 2 N–H and O–H groups in total. The van der Waals surface area contributed by atoms with Gasteiger partial charge in [0.2, 0.25) is 0 Å². The molecule has 0 saturated carbocycles. The zero-order valence-electron chi connectivity index (χ0n) is 15.2. The van der Waals surface area contributed by atoms with Gasteiger partial charge in [0.25, 0.3) is 5.91 Å². The number of nitrogens with one attached hydrogen (secondary N) is 2. The van der Waals surface area contributed by atoms with E-state index in [0.29, 0.717) is 30.0 Å². The molecule has 0 aliphatic carbocycles. The SMILES string of the molecule is COc1ccc(CCNC(=O)c2ccc(Nc3ccc(F)c(Cl)c3)nc2)cc1. The first-order valence-electron chi connectivity index (χ1n) is 8.64. The third-order valence-electron chi connectivity index (χ3n) is 4.08. The molecule has 28 heavy (non-hydrogen) atoms. The first-order valence-corrected chi connectivity index (χ1v) is 9.02. The van der Waals surface area contributed by atoms with E-state index in [4.69, 9.17) is 16.3 Å². The van der Waals surface area contributed by atoms with Gasteiger partial charge in [-0.05, 0) is 54.4 Å². The van der Waals surface area contributed by atoms with E-state index in [1.54, 1.807) is 25.3 Å². The van der Waals surface area contributed by atoms with Crippen LogP contribution >= 0.6 is 11.6 Å². The maximum absolute atomic E-state index is 13.2. The third kappa shape index (κ3) is 5.20. The van der Waals surface area contributed by atoms with Crippen molar-refractivity contribution in [2.75, 3.05) is 19.0 Å². The Morgan fingerprint density at radius 1 is 1.14 bits per heavy atom. The average molecular weight is 400 g/mol. The standard InChI is InChI=1S/C21H19ClFN3O2/c1-28-17-6-2-14(3-7-17)10-11-24-21(27)15-4-9-20(25-13-15)26-16-5-8-19(23)18(22)12-16/h2-9,12-13H,10-11H2,1H3,(H,24,27)(H,25,26). The fourth-order valence-electron chi connectivity index (χ4n) is 2.54. The first kappa shape index (κ1) is 19.6. The molecule has 1 heterocycles. The second-order valence-corrected chi connectivity index (χ2v) is 6.45.